The summed E-state index contributed by atoms with van der Waals surface area (Å²) < 4.78 is 5.54. The van der Waals surface area contributed by atoms with E-state index in [1.165, 1.54) is 31.3 Å². The van der Waals surface area contributed by atoms with Crippen molar-refractivity contribution in [2.45, 2.75) is 45.4 Å². The van der Waals surface area contributed by atoms with E-state index in [1.54, 1.807) is 12.2 Å². The quantitative estimate of drug-likeness (QED) is 0.429. The summed E-state index contributed by atoms with van der Waals surface area (Å²) in [6, 6.07) is 5.57. The molecule has 0 aromatic heterocycles. The van der Waals surface area contributed by atoms with Crippen LogP contribution in [0.3, 0.4) is 0 Å². The monoisotopic (exact) mass is 328 g/mol. The Hall–Kier alpha value is -2.23. The molecule has 0 unspecified atom stereocenters. The zero-order chi connectivity index (χ0) is 17.2. The van der Waals surface area contributed by atoms with Gasteiger partial charge in [0, 0.05) is 12.6 Å². The van der Waals surface area contributed by atoms with Gasteiger partial charge in [-0.05, 0) is 62.3 Å². The Bertz CT molecular complexity index is 606. The van der Waals surface area contributed by atoms with Crippen molar-refractivity contribution in [2.24, 2.45) is 0 Å². The SMILES string of the molecule is CCCOc1ccc(/C=C\C(=O)NCCC2=CCCCC2)cc1N. The van der Waals surface area contributed by atoms with E-state index in [4.69, 9.17) is 10.5 Å². The second-order valence-electron chi connectivity index (χ2n) is 6.13. The summed E-state index contributed by atoms with van der Waals surface area (Å²) in [5.74, 6) is 0.621. The fourth-order valence-electron chi connectivity index (χ4n) is 2.72. The molecule has 1 aromatic carbocycles. The largest absolute Gasteiger partial charge is 0.491 e. The van der Waals surface area contributed by atoms with E-state index in [1.807, 2.05) is 18.2 Å². The van der Waals surface area contributed by atoms with Crippen LogP contribution in [0.4, 0.5) is 5.69 Å². The lowest BCUT2D eigenvalue weighted by molar-refractivity contribution is -0.116. The number of anilines is 1. The van der Waals surface area contributed by atoms with Crippen molar-refractivity contribution in [3.8, 4) is 5.75 Å². The zero-order valence-electron chi connectivity index (χ0n) is 14.5. The average molecular weight is 328 g/mol. The summed E-state index contributed by atoms with van der Waals surface area (Å²) in [6.07, 6.45) is 12.5. The molecule has 0 heterocycles. The summed E-state index contributed by atoms with van der Waals surface area (Å²) in [6.45, 7) is 3.40. The lowest BCUT2D eigenvalue weighted by atomic mass is 9.97. The molecule has 2 rings (SSSR count). The Morgan fingerprint density at radius 2 is 2.25 bits per heavy atom. The summed E-state index contributed by atoms with van der Waals surface area (Å²) in [7, 11) is 0. The third-order valence-corrected chi connectivity index (χ3v) is 4.05. The molecule has 1 aromatic rings. The molecule has 3 N–H and O–H groups in total. The molecule has 0 atom stereocenters. The van der Waals surface area contributed by atoms with Crippen LogP contribution in [0, 0.1) is 0 Å². The van der Waals surface area contributed by atoms with Gasteiger partial charge in [-0.25, -0.2) is 0 Å². The van der Waals surface area contributed by atoms with Crippen LogP contribution in [-0.4, -0.2) is 19.1 Å². The maximum Gasteiger partial charge on any atom is 0.244 e. The molecular weight excluding hydrogens is 300 g/mol. The first-order valence-corrected chi connectivity index (χ1v) is 8.85. The van der Waals surface area contributed by atoms with Crippen molar-refractivity contribution in [3.05, 3.63) is 41.5 Å². The highest BCUT2D eigenvalue weighted by Crippen LogP contribution is 2.23. The highest BCUT2D eigenvalue weighted by Gasteiger charge is 2.04. The number of ether oxygens (including phenoxy) is 1. The molecule has 1 aliphatic carbocycles. The first-order valence-electron chi connectivity index (χ1n) is 8.85. The molecule has 1 aliphatic rings. The van der Waals surface area contributed by atoms with Gasteiger partial charge in [-0.3, -0.25) is 4.79 Å². The summed E-state index contributed by atoms with van der Waals surface area (Å²) in [5, 5.41) is 2.93. The Labute approximate surface area is 144 Å². The fourth-order valence-corrected chi connectivity index (χ4v) is 2.72. The van der Waals surface area contributed by atoms with Crippen molar-refractivity contribution in [2.75, 3.05) is 18.9 Å². The lowest BCUT2D eigenvalue weighted by Crippen LogP contribution is -2.22. The number of allylic oxidation sites excluding steroid dienone is 1. The number of nitrogens with one attached hydrogen (secondary N) is 1. The Morgan fingerprint density at radius 1 is 1.38 bits per heavy atom. The van der Waals surface area contributed by atoms with E-state index >= 15 is 0 Å². The molecular formula is C20H28N2O2. The number of amides is 1. The fraction of sp³-hybridized carbons (Fsp3) is 0.450. The third kappa shape index (κ3) is 6.11. The van der Waals surface area contributed by atoms with Gasteiger partial charge in [-0.15, -0.1) is 0 Å². The highest BCUT2D eigenvalue weighted by atomic mass is 16.5. The van der Waals surface area contributed by atoms with E-state index in [0.717, 1.165) is 18.4 Å². The van der Waals surface area contributed by atoms with Gasteiger partial charge >= 0.3 is 0 Å². The van der Waals surface area contributed by atoms with Gasteiger partial charge in [0.15, 0.2) is 0 Å². The zero-order valence-corrected chi connectivity index (χ0v) is 14.5. The van der Waals surface area contributed by atoms with Crippen LogP contribution in [0.1, 0.15) is 51.0 Å². The van der Waals surface area contributed by atoms with Crippen LogP contribution in [0.25, 0.3) is 6.08 Å². The molecule has 1 amide bonds. The number of benzene rings is 1. The predicted octanol–water partition coefficient (Wildman–Crippen LogP) is 4.08. The van der Waals surface area contributed by atoms with Crippen LogP contribution in [0.2, 0.25) is 0 Å². The molecule has 130 valence electrons. The molecule has 0 bridgehead atoms. The molecule has 4 nitrogen and oxygen atoms in total. The van der Waals surface area contributed by atoms with Crippen molar-refractivity contribution < 1.29 is 9.53 Å². The second kappa shape index (κ2) is 9.81. The lowest BCUT2D eigenvalue weighted by Gasteiger charge is -2.12. The Balaban J connectivity index is 1.78. The molecule has 0 radical (unpaired) electrons. The molecule has 0 aliphatic heterocycles. The number of hydrogen-bond acceptors (Lipinski definition) is 3. The van der Waals surface area contributed by atoms with Crippen LogP contribution in [-0.2, 0) is 4.79 Å². The number of carbonyl (C=O) groups is 1. The van der Waals surface area contributed by atoms with Crippen LogP contribution >= 0.6 is 0 Å². The highest BCUT2D eigenvalue weighted by molar-refractivity contribution is 5.91. The van der Waals surface area contributed by atoms with Crippen molar-refractivity contribution in [1.29, 1.82) is 0 Å². The molecule has 0 saturated carbocycles. The maximum absolute atomic E-state index is 11.9. The number of carbonyl (C=O) groups excluding carboxylic acids is 1. The molecule has 0 fully saturated rings. The van der Waals surface area contributed by atoms with Crippen molar-refractivity contribution in [3.63, 3.8) is 0 Å². The summed E-state index contributed by atoms with van der Waals surface area (Å²) in [5.41, 5.74) is 8.92. The average Bonchev–Trinajstić information content (AvgIpc) is 2.60. The third-order valence-electron chi connectivity index (χ3n) is 4.05. The van der Waals surface area contributed by atoms with Crippen LogP contribution < -0.4 is 15.8 Å². The number of rotatable bonds is 8. The Kier molecular flexibility index (Phi) is 7.40. The number of nitrogens with two attached hydrogens (primary N) is 1. The molecule has 0 spiro atoms. The van der Waals surface area contributed by atoms with Crippen LogP contribution in [0.15, 0.2) is 35.9 Å². The van der Waals surface area contributed by atoms with E-state index in [9.17, 15) is 4.79 Å². The normalized spacial score (nSPS) is 14.5. The number of nitrogen functional groups attached to an aromatic ring is 1. The van der Waals surface area contributed by atoms with Gasteiger partial charge in [0.2, 0.25) is 5.91 Å². The minimum absolute atomic E-state index is 0.0729. The van der Waals surface area contributed by atoms with Gasteiger partial charge in [0.1, 0.15) is 5.75 Å². The summed E-state index contributed by atoms with van der Waals surface area (Å²) in [4.78, 5) is 11.9. The topological polar surface area (TPSA) is 64.3 Å². The first-order chi connectivity index (χ1) is 11.7. The standard InChI is InChI=1S/C20H28N2O2/c1-2-14-24-19-10-8-17(15-18(19)21)9-11-20(23)22-13-12-16-6-4-3-5-7-16/h6,8-11,15H,2-5,7,12-14,21H2,1H3,(H,22,23)/b11-9-. The van der Waals surface area contributed by atoms with Crippen molar-refractivity contribution in [1.82, 2.24) is 5.32 Å². The van der Waals surface area contributed by atoms with Gasteiger partial charge in [-0.2, -0.15) is 0 Å². The first kappa shape index (κ1) is 18.1. The summed E-state index contributed by atoms with van der Waals surface area (Å²) >= 11 is 0. The van der Waals surface area contributed by atoms with E-state index < -0.39 is 0 Å². The minimum atomic E-state index is -0.0729. The van der Waals surface area contributed by atoms with E-state index in [2.05, 4.69) is 18.3 Å². The van der Waals surface area contributed by atoms with Gasteiger partial charge in [0.05, 0.1) is 12.3 Å². The molecule has 4 heteroatoms. The van der Waals surface area contributed by atoms with E-state index in [0.29, 0.717) is 24.6 Å². The van der Waals surface area contributed by atoms with Crippen molar-refractivity contribution >= 4 is 17.7 Å². The van der Waals surface area contributed by atoms with Gasteiger partial charge in [-0.1, -0.05) is 24.6 Å². The smallest absolute Gasteiger partial charge is 0.244 e. The maximum atomic E-state index is 11.9. The predicted molar refractivity (Wildman–Crippen MR) is 99.9 cm³/mol. The van der Waals surface area contributed by atoms with Gasteiger partial charge < -0.3 is 15.8 Å². The van der Waals surface area contributed by atoms with E-state index in [-0.39, 0.29) is 5.91 Å². The van der Waals surface area contributed by atoms with Gasteiger partial charge in [0.25, 0.3) is 0 Å². The Morgan fingerprint density at radius 3 is 2.96 bits per heavy atom. The van der Waals surface area contributed by atoms with Crippen LogP contribution in [0.5, 0.6) is 5.75 Å². The number of hydrogen-bond donors (Lipinski definition) is 2. The minimum Gasteiger partial charge on any atom is -0.491 e. The second-order valence-corrected chi connectivity index (χ2v) is 6.13. The molecule has 0 saturated heterocycles. The molecule has 24 heavy (non-hydrogen) atoms.